The molecule has 21 heavy (non-hydrogen) atoms. The van der Waals surface area contributed by atoms with Crippen molar-refractivity contribution in [3.8, 4) is 0 Å². The Morgan fingerprint density at radius 1 is 1.24 bits per heavy atom. The summed E-state index contributed by atoms with van der Waals surface area (Å²) in [5, 5.41) is 3.53. The van der Waals surface area contributed by atoms with Gasteiger partial charge in [-0.1, -0.05) is 31.4 Å². The molecule has 1 aliphatic carbocycles. The van der Waals surface area contributed by atoms with Crippen molar-refractivity contribution >= 4 is 17.3 Å². The Labute approximate surface area is 127 Å². The quantitative estimate of drug-likeness (QED) is 0.884. The van der Waals surface area contributed by atoms with E-state index in [1.807, 2.05) is 17.0 Å². The minimum atomic E-state index is -0.0728. The molecule has 114 valence electrons. The van der Waals surface area contributed by atoms with Crippen molar-refractivity contribution < 1.29 is 4.79 Å². The first-order valence-electron chi connectivity index (χ1n) is 8.23. The number of nitrogens with zero attached hydrogens (tertiary/aromatic N) is 1. The molecule has 0 bridgehead atoms. The van der Waals surface area contributed by atoms with Gasteiger partial charge in [-0.15, -0.1) is 0 Å². The number of hydrogen-bond acceptors (Lipinski definition) is 2. The van der Waals surface area contributed by atoms with Gasteiger partial charge >= 0.3 is 0 Å². The van der Waals surface area contributed by atoms with E-state index in [4.69, 9.17) is 0 Å². The zero-order chi connectivity index (χ0) is 14.9. The van der Waals surface area contributed by atoms with Crippen LogP contribution in [0.25, 0.3) is 0 Å². The first kappa shape index (κ1) is 14.4. The molecule has 0 radical (unpaired) electrons. The van der Waals surface area contributed by atoms with Gasteiger partial charge in [-0.2, -0.15) is 0 Å². The molecule has 1 N–H and O–H groups in total. The van der Waals surface area contributed by atoms with Crippen molar-refractivity contribution in [1.29, 1.82) is 0 Å². The predicted molar refractivity (Wildman–Crippen MR) is 87.7 cm³/mol. The van der Waals surface area contributed by atoms with Crippen LogP contribution < -0.4 is 10.2 Å². The molecule has 3 nitrogen and oxygen atoms in total. The molecule has 0 saturated heterocycles. The van der Waals surface area contributed by atoms with Crippen LogP contribution in [0.4, 0.5) is 11.4 Å². The summed E-state index contributed by atoms with van der Waals surface area (Å²) in [5.41, 5.74) is 2.04. The molecule has 0 atom stereocenters. The van der Waals surface area contributed by atoms with Crippen LogP contribution in [-0.2, 0) is 4.79 Å². The van der Waals surface area contributed by atoms with E-state index in [9.17, 15) is 4.79 Å². The lowest BCUT2D eigenvalue weighted by molar-refractivity contribution is -0.119. The summed E-state index contributed by atoms with van der Waals surface area (Å²) in [4.78, 5) is 14.8. The molecule has 0 aromatic heterocycles. The van der Waals surface area contributed by atoms with E-state index in [2.05, 4.69) is 31.3 Å². The number of rotatable bonds is 2. The molecule has 0 unspecified atom stereocenters. The maximum atomic E-state index is 12.8. The molecule has 1 aromatic rings. The van der Waals surface area contributed by atoms with Crippen LogP contribution in [0.15, 0.2) is 24.3 Å². The van der Waals surface area contributed by atoms with Crippen LogP contribution >= 0.6 is 0 Å². The second-order valence-electron chi connectivity index (χ2n) is 7.21. The Hall–Kier alpha value is -1.51. The van der Waals surface area contributed by atoms with Gasteiger partial charge in [0.2, 0.25) is 5.91 Å². The summed E-state index contributed by atoms with van der Waals surface area (Å²) in [7, 11) is 0. The van der Waals surface area contributed by atoms with E-state index in [1.165, 1.54) is 32.1 Å². The highest BCUT2D eigenvalue weighted by Gasteiger charge is 2.33. The van der Waals surface area contributed by atoms with Crippen LogP contribution in [0.2, 0.25) is 0 Å². The average molecular weight is 286 g/mol. The second-order valence-corrected chi connectivity index (χ2v) is 7.21. The monoisotopic (exact) mass is 286 g/mol. The second kappa shape index (κ2) is 5.70. The summed E-state index contributed by atoms with van der Waals surface area (Å²) in [5.74, 6) is 0.889. The van der Waals surface area contributed by atoms with Gasteiger partial charge in [0.15, 0.2) is 0 Å². The summed E-state index contributed by atoms with van der Waals surface area (Å²) in [6.07, 6.45) is 7.09. The normalized spacial score (nSPS) is 21.5. The van der Waals surface area contributed by atoms with Crippen molar-refractivity contribution in [1.82, 2.24) is 0 Å². The number of nitrogens with one attached hydrogen (secondary N) is 1. The standard InChI is InChI=1S/C18H26N2O/c1-18(2)13-20(16-11-7-6-10-15(16)19-18)17(21)12-14-8-4-3-5-9-14/h6-7,10-11,14,19H,3-5,8-9,12-13H2,1-2H3. The number of amides is 1. The highest BCUT2D eigenvalue weighted by atomic mass is 16.2. The van der Waals surface area contributed by atoms with Crippen molar-refractivity contribution in [2.45, 2.75) is 57.9 Å². The molecule has 1 aliphatic heterocycles. The largest absolute Gasteiger partial charge is 0.377 e. The van der Waals surface area contributed by atoms with Gasteiger partial charge in [0.05, 0.1) is 11.4 Å². The number of anilines is 2. The van der Waals surface area contributed by atoms with Gasteiger partial charge in [-0.3, -0.25) is 4.79 Å². The van der Waals surface area contributed by atoms with Crippen LogP contribution in [0.3, 0.4) is 0 Å². The molecule has 3 heteroatoms. The van der Waals surface area contributed by atoms with Gasteiger partial charge in [0.25, 0.3) is 0 Å². The minimum absolute atomic E-state index is 0.0728. The highest BCUT2D eigenvalue weighted by molar-refractivity contribution is 5.98. The number of carbonyl (C=O) groups excluding carboxylic acids is 1. The molecule has 0 spiro atoms. The number of fused-ring (bicyclic) bond motifs is 1. The van der Waals surface area contributed by atoms with Crippen molar-refractivity contribution in [2.75, 3.05) is 16.8 Å². The molecular formula is C18H26N2O. The number of benzene rings is 1. The van der Waals surface area contributed by atoms with E-state index in [0.29, 0.717) is 18.2 Å². The van der Waals surface area contributed by atoms with E-state index in [-0.39, 0.29) is 5.54 Å². The number of hydrogen-bond donors (Lipinski definition) is 1. The summed E-state index contributed by atoms with van der Waals surface area (Å²) in [6, 6.07) is 8.16. The van der Waals surface area contributed by atoms with E-state index < -0.39 is 0 Å². The van der Waals surface area contributed by atoms with Crippen LogP contribution in [-0.4, -0.2) is 18.0 Å². The van der Waals surface area contributed by atoms with Gasteiger partial charge in [0.1, 0.15) is 0 Å². The fraction of sp³-hybridized carbons (Fsp3) is 0.611. The van der Waals surface area contributed by atoms with Crippen molar-refractivity contribution in [3.63, 3.8) is 0 Å². The van der Waals surface area contributed by atoms with E-state index >= 15 is 0 Å². The zero-order valence-corrected chi connectivity index (χ0v) is 13.2. The molecule has 1 saturated carbocycles. The van der Waals surface area contributed by atoms with Gasteiger partial charge in [-0.05, 0) is 44.7 Å². The maximum Gasteiger partial charge on any atom is 0.227 e. The van der Waals surface area contributed by atoms with Gasteiger partial charge in [0, 0.05) is 18.5 Å². The Balaban J connectivity index is 1.78. The Morgan fingerprint density at radius 3 is 2.71 bits per heavy atom. The summed E-state index contributed by atoms with van der Waals surface area (Å²) < 4.78 is 0. The van der Waals surface area contributed by atoms with Gasteiger partial charge < -0.3 is 10.2 Å². The third kappa shape index (κ3) is 3.22. The molecular weight excluding hydrogens is 260 g/mol. The number of para-hydroxylation sites is 2. The van der Waals surface area contributed by atoms with Crippen LogP contribution in [0.1, 0.15) is 52.4 Å². The molecule has 2 aliphatic rings. The fourth-order valence-corrected chi connectivity index (χ4v) is 3.67. The Kier molecular flexibility index (Phi) is 3.92. The van der Waals surface area contributed by atoms with Crippen LogP contribution in [0.5, 0.6) is 0 Å². The molecule has 1 amide bonds. The predicted octanol–water partition coefficient (Wildman–Crippen LogP) is 4.19. The van der Waals surface area contributed by atoms with Crippen LogP contribution in [0, 0.1) is 5.92 Å². The SMILES string of the molecule is CC1(C)CN(C(=O)CC2CCCCC2)c2ccccc2N1. The lowest BCUT2D eigenvalue weighted by Crippen LogP contribution is -2.51. The number of carbonyl (C=O) groups is 1. The molecule has 1 heterocycles. The van der Waals surface area contributed by atoms with Crippen molar-refractivity contribution in [3.05, 3.63) is 24.3 Å². The minimum Gasteiger partial charge on any atom is -0.377 e. The average Bonchev–Trinajstić information content (AvgIpc) is 2.46. The smallest absolute Gasteiger partial charge is 0.227 e. The van der Waals surface area contributed by atoms with Crippen molar-refractivity contribution in [2.24, 2.45) is 5.92 Å². The third-order valence-corrected chi connectivity index (χ3v) is 4.71. The third-order valence-electron chi connectivity index (χ3n) is 4.71. The fourth-order valence-electron chi connectivity index (χ4n) is 3.67. The summed E-state index contributed by atoms with van der Waals surface area (Å²) >= 11 is 0. The van der Waals surface area contributed by atoms with E-state index in [1.54, 1.807) is 0 Å². The topological polar surface area (TPSA) is 32.3 Å². The summed E-state index contributed by atoms with van der Waals surface area (Å²) in [6.45, 7) is 5.06. The highest BCUT2D eigenvalue weighted by Crippen LogP contribution is 2.36. The lowest BCUT2D eigenvalue weighted by Gasteiger charge is -2.41. The first-order chi connectivity index (χ1) is 10.1. The Bertz CT molecular complexity index is 518. The van der Waals surface area contributed by atoms with E-state index in [0.717, 1.165) is 17.9 Å². The first-order valence-corrected chi connectivity index (χ1v) is 8.23. The molecule has 1 aromatic carbocycles. The molecule has 3 rings (SSSR count). The van der Waals surface area contributed by atoms with Gasteiger partial charge in [-0.25, -0.2) is 0 Å². The lowest BCUT2D eigenvalue weighted by atomic mass is 9.86. The zero-order valence-electron chi connectivity index (χ0n) is 13.2. The maximum absolute atomic E-state index is 12.8. The Morgan fingerprint density at radius 2 is 1.95 bits per heavy atom. The molecule has 1 fully saturated rings.